The number of rotatable bonds is 5. The fourth-order valence-corrected chi connectivity index (χ4v) is 3.22. The van der Waals surface area contributed by atoms with Gasteiger partial charge in [-0.25, -0.2) is 8.42 Å². The van der Waals surface area contributed by atoms with Gasteiger partial charge in [-0.1, -0.05) is 19.0 Å². The van der Waals surface area contributed by atoms with Gasteiger partial charge in [-0.3, -0.25) is 4.79 Å². The Morgan fingerprint density at radius 2 is 1.94 bits per heavy atom. The van der Waals surface area contributed by atoms with Crippen LogP contribution in [-0.2, 0) is 14.8 Å². The largest absolute Gasteiger partial charge is 0.480 e. The molecule has 1 aromatic rings. The molecule has 102 valence electrons. The number of hydrogen-bond donors (Lipinski definition) is 2. The first-order valence-electron chi connectivity index (χ1n) is 5.35. The lowest BCUT2D eigenvalue weighted by Gasteiger charge is -2.17. The van der Waals surface area contributed by atoms with E-state index in [0.717, 1.165) is 0 Å². The van der Waals surface area contributed by atoms with E-state index < -0.39 is 22.0 Å². The molecule has 1 rings (SSSR count). The lowest BCUT2D eigenvalue weighted by atomic mass is 10.1. The van der Waals surface area contributed by atoms with Gasteiger partial charge in [-0.15, -0.1) is 0 Å². The molecular formula is C10H16N2O5S. The zero-order chi connectivity index (χ0) is 14.1. The standard InChI is InChI=1S/C10H16N2O5S/c1-5(2)8(10(13)14)12-18(15,16)9-6(3)11-17-7(9)4/h5,8,12H,1-4H3,(H,13,14)/t8-/m0/s1. The van der Waals surface area contributed by atoms with Gasteiger partial charge in [-0.2, -0.15) is 4.72 Å². The highest BCUT2D eigenvalue weighted by atomic mass is 32.2. The average molecular weight is 276 g/mol. The van der Waals surface area contributed by atoms with Gasteiger partial charge < -0.3 is 9.63 Å². The van der Waals surface area contributed by atoms with Gasteiger partial charge in [-0.05, 0) is 19.8 Å². The molecule has 0 amide bonds. The normalized spacial score (nSPS) is 13.8. The maximum atomic E-state index is 12.1. The van der Waals surface area contributed by atoms with Gasteiger partial charge in [0.1, 0.15) is 16.6 Å². The molecule has 7 nitrogen and oxygen atoms in total. The molecular weight excluding hydrogens is 260 g/mol. The Labute approximate surface area is 105 Å². The van der Waals surface area contributed by atoms with Gasteiger partial charge in [0.25, 0.3) is 0 Å². The average Bonchev–Trinajstić information content (AvgIpc) is 2.54. The van der Waals surface area contributed by atoms with E-state index in [9.17, 15) is 13.2 Å². The molecule has 0 spiro atoms. The van der Waals surface area contributed by atoms with Gasteiger partial charge in [0.2, 0.25) is 10.0 Å². The molecule has 0 radical (unpaired) electrons. The minimum atomic E-state index is -3.95. The van der Waals surface area contributed by atoms with Crippen molar-refractivity contribution in [2.75, 3.05) is 0 Å². The molecule has 0 aliphatic carbocycles. The molecule has 1 aromatic heterocycles. The zero-order valence-electron chi connectivity index (χ0n) is 10.6. The molecule has 0 bridgehead atoms. The van der Waals surface area contributed by atoms with Crippen LogP contribution in [0, 0.1) is 19.8 Å². The molecule has 0 aliphatic rings. The van der Waals surface area contributed by atoms with Crippen molar-refractivity contribution < 1.29 is 22.8 Å². The number of aliphatic carboxylic acids is 1. The number of nitrogens with one attached hydrogen (secondary N) is 1. The number of aromatic nitrogens is 1. The van der Waals surface area contributed by atoms with Crippen molar-refractivity contribution in [2.24, 2.45) is 5.92 Å². The Bertz CT molecular complexity index is 527. The number of nitrogens with zero attached hydrogens (tertiary/aromatic N) is 1. The first-order valence-corrected chi connectivity index (χ1v) is 6.83. The maximum absolute atomic E-state index is 12.1. The zero-order valence-corrected chi connectivity index (χ0v) is 11.4. The van der Waals surface area contributed by atoms with Gasteiger partial charge in [0, 0.05) is 0 Å². The van der Waals surface area contributed by atoms with E-state index in [4.69, 9.17) is 9.63 Å². The summed E-state index contributed by atoms with van der Waals surface area (Å²) in [6.45, 7) is 6.18. The van der Waals surface area contributed by atoms with Gasteiger partial charge in [0.05, 0.1) is 0 Å². The lowest BCUT2D eigenvalue weighted by molar-refractivity contribution is -0.140. The predicted molar refractivity (Wildman–Crippen MR) is 62.6 cm³/mol. The number of carboxylic acid groups (broad SMARTS) is 1. The number of hydrogen-bond acceptors (Lipinski definition) is 5. The van der Waals surface area contributed by atoms with Crippen molar-refractivity contribution in [3.05, 3.63) is 11.5 Å². The van der Waals surface area contributed by atoms with Crippen LogP contribution in [-0.4, -0.2) is 30.7 Å². The Balaban J connectivity index is 3.13. The highest BCUT2D eigenvalue weighted by molar-refractivity contribution is 7.89. The van der Waals surface area contributed by atoms with Crippen molar-refractivity contribution >= 4 is 16.0 Å². The molecule has 0 fully saturated rings. The second-order valence-electron chi connectivity index (χ2n) is 4.33. The maximum Gasteiger partial charge on any atom is 0.322 e. The molecule has 0 saturated carbocycles. The summed E-state index contributed by atoms with van der Waals surface area (Å²) in [6.07, 6.45) is 0. The summed E-state index contributed by atoms with van der Waals surface area (Å²) in [5, 5.41) is 12.5. The molecule has 18 heavy (non-hydrogen) atoms. The summed E-state index contributed by atoms with van der Waals surface area (Å²) in [5.74, 6) is -1.47. The Hall–Kier alpha value is -1.41. The SMILES string of the molecule is Cc1noc(C)c1S(=O)(=O)N[C@H](C(=O)O)C(C)C. The number of carbonyl (C=O) groups is 1. The highest BCUT2D eigenvalue weighted by Gasteiger charge is 2.31. The van der Waals surface area contributed by atoms with E-state index in [-0.39, 0.29) is 22.3 Å². The summed E-state index contributed by atoms with van der Waals surface area (Å²) < 4.78 is 31.1. The van der Waals surface area contributed by atoms with Crippen LogP contribution in [0.2, 0.25) is 0 Å². The summed E-state index contributed by atoms with van der Waals surface area (Å²) in [7, 11) is -3.95. The molecule has 1 atom stereocenters. The fraction of sp³-hybridized carbons (Fsp3) is 0.600. The van der Waals surface area contributed by atoms with Crippen LogP contribution in [0.3, 0.4) is 0 Å². The van der Waals surface area contributed by atoms with E-state index in [1.807, 2.05) is 0 Å². The van der Waals surface area contributed by atoms with Crippen LogP contribution >= 0.6 is 0 Å². The topological polar surface area (TPSA) is 110 Å². The third kappa shape index (κ3) is 2.88. The monoisotopic (exact) mass is 276 g/mol. The van der Waals surface area contributed by atoms with E-state index in [1.54, 1.807) is 13.8 Å². The third-order valence-corrected chi connectivity index (χ3v) is 4.14. The molecule has 0 aromatic carbocycles. The second kappa shape index (κ2) is 5.07. The molecule has 0 saturated heterocycles. The molecule has 0 aliphatic heterocycles. The van der Waals surface area contributed by atoms with Crippen LogP contribution in [0.5, 0.6) is 0 Å². The third-order valence-electron chi connectivity index (χ3n) is 2.45. The van der Waals surface area contributed by atoms with Crippen LogP contribution in [0.4, 0.5) is 0 Å². The van der Waals surface area contributed by atoms with Gasteiger partial charge in [0.15, 0.2) is 5.76 Å². The molecule has 0 unspecified atom stereocenters. The minimum Gasteiger partial charge on any atom is -0.480 e. The van der Waals surface area contributed by atoms with Crippen molar-refractivity contribution in [1.82, 2.24) is 9.88 Å². The molecule has 2 N–H and O–H groups in total. The summed E-state index contributed by atoms with van der Waals surface area (Å²) in [5.41, 5.74) is 0.202. The number of sulfonamides is 1. The van der Waals surface area contributed by atoms with E-state index in [2.05, 4.69) is 9.88 Å². The summed E-state index contributed by atoms with van der Waals surface area (Å²) in [6, 6.07) is -1.19. The first-order chi connectivity index (χ1) is 8.16. The Kier molecular flexibility index (Phi) is 4.12. The number of aryl methyl sites for hydroxylation is 2. The quantitative estimate of drug-likeness (QED) is 0.818. The van der Waals surface area contributed by atoms with Crippen molar-refractivity contribution in [3.63, 3.8) is 0 Å². The van der Waals surface area contributed by atoms with Crippen LogP contribution in [0.25, 0.3) is 0 Å². The van der Waals surface area contributed by atoms with Crippen LogP contribution in [0.1, 0.15) is 25.3 Å². The number of carboxylic acids is 1. The first kappa shape index (κ1) is 14.7. The highest BCUT2D eigenvalue weighted by Crippen LogP contribution is 2.19. The van der Waals surface area contributed by atoms with Crippen LogP contribution in [0.15, 0.2) is 9.42 Å². The van der Waals surface area contributed by atoms with E-state index in [0.29, 0.717) is 0 Å². The van der Waals surface area contributed by atoms with Crippen molar-refractivity contribution in [2.45, 2.75) is 38.6 Å². The fourth-order valence-electron chi connectivity index (χ4n) is 1.56. The second-order valence-corrected chi connectivity index (χ2v) is 5.99. The van der Waals surface area contributed by atoms with E-state index >= 15 is 0 Å². The summed E-state index contributed by atoms with van der Waals surface area (Å²) >= 11 is 0. The Morgan fingerprint density at radius 1 is 1.39 bits per heavy atom. The van der Waals surface area contributed by atoms with Gasteiger partial charge >= 0.3 is 5.97 Å². The predicted octanol–water partition coefficient (Wildman–Crippen LogP) is 0.679. The van der Waals surface area contributed by atoms with Crippen molar-refractivity contribution in [1.29, 1.82) is 0 Å². The summed E-state index contributed by atoms with van der Waals surface area (Å²) in [4.78, 5) is 10.9. The Morgan fingerprint density at radius 3 is 2.28 bits per heavy atom. The lowest BCUT2D eigenvalue weighted by Crippen LogP contribution is -2.44. The van der Waals surface area contributed by atoms with Crippen LogP contribution < -0.4 is 4.72 Å². The minimum absolute atomic E-state index is 0.102. The molecule has 1 heterocycles. The molecule has 8 heteroatoms. The van der Waals surface area contributed by atoms with E-state index in [1.165, 1.54) is 13.8 Å². The van der Waals surface area contributed by atoms with Crippen molar-refractivity contribution in [3.8, 4) is 0 Å². The smallest absolute Gasteiger partial charge is 0.322 e.